The van der Waals surface area contributed by atoms with Gasteiger partial charge in [0.25, 0.3) is 0 Å². The number of carbonyl (C=O) groups is 1. The largest absolute Gasteiger partial charge is 0.493 e. The summed E-state index contributed by atoms with van der Waals surface area (Å²) < 4.78 is 12.9. The second-order valence-electron chi connectivity index (χ2n) is 5.59. The minimum Gasteiger partial charge on any atom is -0.493 e. The molecule has 1 aromatic heterocycles. The summed E-state index contributed by atoms with van der Waals surface area (Å²) in [6.07, 6.45) is 2.93. The van der Waals surface area contributed by atoms with Crippen LogP contribution < -0.4 is 10.1 Å². The highest BCUT2D eigenvalue weighted by Gasteiger charge is 2.27. The van der Waals surface area contributed by atoms with Crippen molar-refractivity contribution in [1.82, 2.24) is 15.1 Å². The molecule has 1 aliphatic rings. The Hall–Kier alpha value is -2.25. The summed E-state index contributed by atoms with van der Waals surface area (Å²) in [5.41, 5.74) is 0.876. The van der Waals surface area contributed by atoms with Gasteiger partial charge >= 0.3 is 6.09 Å². The van der Waals surface area contributed by atoms with Crippen molar-refractivity contribution < 1.29 is 19.4 Å². The molecule has 0 bridgehead atoms. The first-order chi connectivity index (χ1) is 11.6. The molecule has 0 spiro atoms. The molecule has 128 valence electrons. The van der Waals surface area contributed by atoms with E-state index in [1.165, 1.54) is 0 Å². The molecule has 2 N–H and O–H groups in total. The van der Waals surface area contributed by atoms with Crippen LogP contribution in [0.1, 0.15) is 6.42 Å². The van der Waals surface area contributed by atoms with Crippen molar-refractivity contribution in [3.8, 4) is 11.4 Å². The van der Waals surface area contributed by atoms with Gasteiger partial charge in [0.2, 0.25) is 0 Å². The van der Waals surface area contributed by atoms with E-state index in [0.717, 1.165) is 5.69 Å². The molecule has 3 rings (SSSR count). The van der Waals surface area contributed by atoms with Gasteiger partial charge in [-0.3, -0.25) is 0 Å². The van der Waals surface area contributed by atoms with Crippen LogP contribution in [0.25, 0.3) is 5.69 Å². The van der Waals surface area contributed by atoms with Crippen LogP contribution in [-0.2, 0) is 4.74 Å². The van der Waals surface area contributed by atoms with E-state index >= 15 is 0 Å². The van der Waals surface area contributed by atoms with Crippen LogP contribution in [0, 0.1) is 5.92 Å². The number of rotatable bonds is 5. The summed E-state index contributed by atoms with van der Waals surface area (Å²) >= 11 is 5.86. The Morgan fingerprint density at radius 1 is 1.46 bits per heavy atom. The van der Waals surface area contributed by atoms with E-state index < -0.39 is 6.09 Å². The fourth-order valence-electron chi connectivity index (χ4n) is 2.65. The van der Waals surface area contributed by atoms with Crippen molar-refractivity contribution in [2.45, 2.75) is 12.5 Å². The Labute approximate surface area is 144 Å². The van der Waals surface area contributed by atoms with Crippen LogP contribution in [0.15, 0.2) is 36.7 Å². The Kier molecular flexibility index (Phi) is 5.22. The molecule has 1 aromatic carbocycles. The Bertz CT molecular complexity index is 689. The van der Waals surface area contributed by atoms with Crippen LogP contribution in [0.2, 0.25) is 5.02 Å². The number of nitrogens with one attached hydrogen (secondary N) is 1. The van der Waals surface area contributed by atoms with Crippen molar-refractivity contribution >= 4 is 17.7 Å². The SMILES string of the molecule is O=C(O)N[C@H]1CCOC[C@@H]1COc1ccc(-n2cc(Cl)cn2)cc1. The van der Waals surface area contributed by atoms with Gasteiger partial charge in [0.05, 0.1) is 30.1 Å². The maximum atomic E-state index is 10.9. The average Bonchev–Trinajstić information content (AvgIpc) is 3.00. The maximum absolute atomic E-state index is 10.9. The van der Waals surface area contributed by atoms with Gasteiger partial charge in [0, 0.05) is 24.8 Å². The van der Waals surface area contributed by atoms with E-state index in [1.54, 1.807) is 17.1 Å². The summed E-state index contributed by atoms with van der Waals surface area (Å²) in [6, 6.07) is 7.29. The first kappa shape index (κ1) is 16.6. The lowest BCUT2D eigenvalue weighted by molar-refractivity contribution is 0.0140. The Balaban J connectivity index is 1.58. The number of halogens is 1. The zero-order chi connectivity index (χ0) is 16.9. The molecule has 0 unspecified atom stereocenters. The Morgan fingerprint density at radius 3 is 2.92 bits per heavy atom. The molecule has 1 saturated heterocycles. The van der Waals surface area contributed by atoms with Gasteiger partial charge in [-0.2, -0.15) is 5.10 Å². The molecule has 1 aliphatic heterocycles. The van der Waals surface area contributed by atoms with E-state index in [4.69, 9.17) is 26.2 Å². The molecule has 0 aliphatic carbocycles. The van der Waals surface area contributed by atoms with Gasteiger partial charge in [-0.05, 0) is 30.7 Å². The highest BCUT2D eigenvalue weighted by molar-refractivity contribution is 6.30. The molecule has 8 heteroatoms. The van der Waals surface area contributed by atoms with Crippen LogP contribution >= 0.6 is 11.6 Å². The second kappa shape index (κ2) is 7.55. The third kappa shape index (κ3) is 4.18. The lowest BCUT2D eigenvalue weighted by Gasteiger charge is -2.31. The molecule has 0 radical (unpaired) electrons. The van der Waals surface area contributed by atoms with Gasteiger partial charge in [-0.15, -0.1) is 0 Å². The quantitative estimate of drug-likeness (QED) is 0.864. The maximum Gasteiger partial charge on any atom is 0.404 e. The molecule has 1 fully saturated rings. The molecular formula is C16H18ClN3O4. The van der Waals surface area contributed by atoms with Gasteiger partial charge in [-0.1, -0.05) is 11.6 Å². The molecule has 1 amide bonds. The van der Waals surface area contributed by atoms with E-state index in [2.05, 4.69) is 10.4 Å². The lowest BCUT2D eigenvalue weighted by Crippen LogP contribution is -2.47. The lowest BCUT2D eigenvalue weighted by atomic mass is 9.97. The second-order valence-corrected chi connectivity index (χ2v) is 6.02. The number of hydrogen-bond acceptors (Lipinski definition) is 4. The van der Waals surface area contributed by atoms with E-state index in [0.29, 0.717) is 37.0 Å². The molecule has 2 atom stereocenters. The summed E-state index contributed by atoms with van der Waals surface area (Å²) in [7, 11) is 0. The third-order valence-corrected chi connectivity index (χ3v) is 4.09. The van der Waals surface area contributed by atoms with Crippen molar-refractivity contribution in [2.24, 2.45) is 5.92 Å². The summed E-state index contributed by atoms with van der Waals surface area (Å²) in [5, 5.41) is 16.1. The number of benzene rings is 1. The minimum atomic E-state index is -1.02. The minimum absolute atomic E-state index is 0.0144. The fraction of sp³-hybridized carbons (Fsp3) is 0.375. The zero-order valence-corrected chi connectivity index (χ0v) is 13.6. The van der Waals surface area contributed by atoms with Gasteiger partial charge in [0.1, 0.15) is 5.75 Å². The number of carboxylic acid groups (broad SMARTS) is 1. The molecule has 24 heavy (non-hydrogen) atoms. The number of ether oxygens (including phenoxy) is 2. The number of hydrogen-bond donors (Lipinski definition) is 2. The van der Waals surface area contributed by atoms with Crippen molar-refractivity contribution in [1.29, 1.82) is 0 Å². The highest BCUT2D eigenvalue weighted by atomic mass is 35.5. The fourth-order valence-corrected chi connectivity index (χ4v) is 2.79. The number of aromatic nitrogens is 2. The monoisotopic (exact) mass is 351 g/mol. The average molecular weight is 352 g/mol. The summed E-state index contributed by atoms with van der Waals surface area (Å²) in [4.78, 5) is 10.9. The van der Waals surface area contributed by atoms with Crippen molar-refractivity contribution in [3.63, 3.8) is 0 Å². The summed E-state index contributed by atoms with van der Waals surface area (Å²) in [5.74, 6) is 0.691. The first-order valence-electron chi connectivity index (χ1n) is 7.62. The normalized spacial score (nSPS) is 20.5. The molecular weight excluding hydrogens is 334 g/mol. The van der Waals surface area contributed by atoms with Crippen LogP contribution in [-0.4, -0.2) is 46.8 Å². The Morgan fingerprint density at radius 2 is 2.25 bits per heavy atom. The predicted molar refractivity (Wildman–Crippen MR) is 87.9 cm³/mol. The van der Waals surface area contributed by atoms with E-state index in [9.17, 15) is 4.79 Å². The van der Waals surface area contributed by atoms with Crippen LogP contribution in [0.5, 0.6) is 5.75 Å². The van der Waals surface area contributed by atoms with E-state index in [1.807, 2.05) is 24.3 Å². The third-order valence-electron chi connectivity index (χ3n) is 3.90. The van der Waals surface area contributed by atoms with Gasteiger partial charge in [-0.25, -0.2) is 9.48 Å². The predicted octanol–water partition coefficient (Wildman–Crippen LogP) is 2.58. The topological polar surface area (TPSA) is 85.6 Å². The van der Waals surface area contributed by atoms with Crippen molar-refractivity contribution in [2.75, 3.05) is 19.8 Å². The zero-order valence-electron chi connectivity index (χ0n) is 12.9. The van der Waals surface area contributed by atoms with Crippen molar-refractivity contribution in [3.05, 3.63) is 41.7 Å². The highest BCUT2D eigenvalue weighted by Crippen LogP contribution is 2.20. The number of amides is 1. The number of nitrogens with zero attached hydrogens (tertiary/aromatic N) is 2. The van der Waals surface area contributed by atoms with E-state index in [-0.39, 0.29) is 12.0 Å². The van der Waals surface area contributed by atoms with Gasteiger partial charge < -0.3 is 19.9 Å². The molecule has 2 aromatic rings. The van der Waals surface area contributed by atoms with Crippen LogP contribution in [0.4, 0.5) is 4.79 Å². The smallest absolute Gasteiger partial charge is 0.404 e. The molecule has 7 nitrogen and oxygen atoms in total. The van der Waals surface area contributed by atoms with Crippen LogP contribution in [0.3, 0.4) is 0 Å². The molecule has 2 heterocycles. The summed E-state index contributed by atoms with van der Waals surface area (Å²) in [6.45, 7) is 1.43. The van der Waals surface area contributed by atoms with Gasteiger partial charge in [0.15, 0.2) is 0 Å². The standard InChI is InChI=1S/C16H18ClN3O4/c17-12-7-18-20(8-12)13-1-3-14(4-2-13)24-10-11-9-23-6-5-15(11)19-16(21)22/h1-4,7-8,11,15,19H,5-6,9-10H2,(H,21,22)/t11-,15+/m1/s1. The first-order valence-corrected chi connectivity index (χ1v) is 8.00. The molecule has 0 saturated carbocycles.